The van der Waals surface area contributed by atoms with Gasteiger partial charge in [-0.25, -0.2) is 5.43 Å². The van der Waals surface area contributed by atoms with E-state index in [9.17, 15) is 4.79 Å². The summed E-state index contributed by atoms with van der Waals surface area (Å²) in [7, 11) is 1.58. The van der Waals surface area contributed by atoms with Crippen LogP contribution in [0.4, 0.5) is 0 Å². The normalized spacial score (nSPS) is 10.7. The van der Waals surface area contributed by atoms with Crippen molar-refractivity contribution in [3.05, 3.63) is 57.6 Å². The molecule has 5 nitrogen and oxygen atoms in total. The predicted molar refractivity (Wildman–Crippen MR) is 97.8 cm³/mol. The number of hydrogen-bond acceptors (Lipinski definition) is 4. The number of halogens is 1. The molecule has 1 amide bonds. The van der Waals surface area contributed by atoms with Gasteiger partial charge in [0.15, 0.2) is 6.61 Å². The van der Waals surface area contributed by atoms with Crippen molar-refractivity contribution in [3.63, 3.8) is 0 Å². The minimum absolute atomic E-state index is 0.0986. The molecule has 0 saturated carbocycles. The monoisotopic (exact) mass is 390 g/mol. The van der Waals surface area contributed by atoms with Crippen LogP contribution in [0.2, 0.25) is 0 Å². The summed E-state index contributed by atoms with van der Waals surface area (Å²) in [6.45, 7) is 3.79. The van der Waals surface area contributed by atoms with E-state index in [-0.39, 0.29) is 12.5 Å². The van der Waals surface area contributed by atoms with Crippen LogP contribution in [-0.4, -0.2) is 25.8 Å². The van der Waals surface area contributed by atoms with Crippen molar-refractivity contribution in [2.24, 2.45) is 5.10 Å². The van der Waals surface area contributed by atoms with E-state index in [1.807, 2.05) is 50.2 Å². The molecule has 0 bridgehead atoms. The fourth-order valence-corrected chi connectivity index (χ4v) is 2.56. The van der Waals surface area contributed by atoms with Gasteiger partial charge in [-0.2, -0.15) is 5.10 Å². The number of methoxy groups -OCH3 is 1. The van der Waals surface area contributed by atoms with Gasteiger partial charge in [0, 0.05) is 10.0 Å². The fourth-order valence-electron chi connectivity index (χ4n) is 2.18. The molecular weight excluding hydrogens is 372 g/mol. The molecule has 0 radical (unpaired) electrons. The topological polar surface area (TPSA) is 59.9 Å². The smallest absolute Gasteiger partial charge is 0.277 e. The first-order chi connectivity index (χ1) is 11.5. The zero-order valence-electron chi connectivity index (χ0n) is 13.8. The number of carbonyl (C=O) groups is 1. The summed E-state index contributed by atoms with van der Waals surface area (Å²) in [6, 6.07) is 11.4. The second-order valence-corrected chi connectivity index (χ2v) is 6.10. The molecule has 6 heteroatoms. The van der Waals surface area contributed by atoms with E-state index in [1.165, 1.54) is 6.21 Å². The molecule has 2 rings (SSSR count). The Morgan fingerprint density at radius 3 is 2.62 bits per heavy atom. The Kier molecular flexibility index (Phi) is 6.37. The molecule has 0 aliphatic rings. The van der Waals surface area contributed by atoms with Crippen molar-refractivity contribution in [3.8, 4) is 11.5 Å². The average Bonchev–Trinajstić information content (AvgIpc) is 2.54. The number of hydrazone groups is 1. The number of aryl methyl sites for hydroxylation is 2. The summed E-state index contributed by atoms with van der Waals surface area (Å²) in [5, 5.41) is 3.94. The lowest BCUT2D eigenvalue weighted by molar-refractivity contribution is -0.123. The average molecular weight is 391 g/mol. The van der Waals surface area contributed by atoms with E-state index in [0.29, 0.717) is 5.75 Å². The molecule has 0 aliphatic carbocycles. The highest BCUT2D eigenvalue weighted by molar-refractivity contribution is 9.10. The first-order valence-electron chi connectivity index (χ1n) is 7.35. The van der Waals surface area contributed by atoms with Crippen molar-refractivity contribution < 1.29 is 14.3 Å². The van der Waals surface area contributed by atoms with Gasteiger partial charge in [0.1, 0.15) is 11.5 Å². The maximum Gasteiger partial charge on any atom is 0.277 e. The van der Waals surface area contributed by atoms with Gasteiger partial charge < -0.3 is 9.47 Å². The lowest BCUT2D eigenvalue weighted by Gasteiger charge is -2.10. The Morgan fingerprint density at radius 1 is 1.25 bits per heavy atom. The first kappa shape index (κ1) is 18.0. The highest BCUT2D eigenvalue weighted by Gasteiger charge is 2.07. The number of hydrogen-bond donors (Lipinski definition) is 1. The Bertz CT molecular complexity index is 740. The van der Waals surface area contributed by atoms with Gasteiger partial charge in [-0.3, -0.25) is 4.79 Å². The SMILES string of the molecule is COc1ccc(Br)cc1/C=N\NC(=O)COc1c(C)cccc1C. The third kappa shape index (κ3) is 4.83. The van der Waals surface area contributed by atoms with Crippen molar-refractivity contribution in [2.75, 3.05) is 13.7 Å². The summed E-state index contributed by atoms with van der Waals surface area (Å²) in [5.41, 5.74) is 5.18. The number of benzene rings is 2. The Labute approximate surface area is 149 Å². The fraction of sp³-hybridized carbons (Fsp3) is 0.222. The highest BCUT2D eigenvalue weighted by atomic mass is 79.9. The predicted octanol–water partition coefficient (Wildman–Crippen LogP) is 3.60. The third-order valence-electron chi connectivity index (χ3n) is 3.34. The van der Waals surface area contributed by atoms with Crippen LogP contribution >= 0.6 is 15.9 Å². The van der Waals surface area contributed by atoms with E-state index in [2.05, 4.69) is 26.5 Å². The first-order valence-corrected chi connectivity index (χ1v) is 8.15. The lowest BCUT2D eigenvalue weighted by Crippen LogP contribution is -2.25. The van der Waals surface area contributed by atoms with Gasteiger partial charge >= 0.3 is 0 Å². The number of amides is 1. The molecule has 0 unspecified atom stereocenters. The summed E-state index contributed by atoms with van der Waals surface area (Å²) in [5.74, 6) is 1.07. The number of rotatable bonds is 6. The molecule has 0 aromatic heterocycles. The Hall–Kier alpha value is -2.34. The van der Waals surface area contributed by atoms with Crippen LogP contribution in [0, 0.1) is 13.8 Å². The third-order valence-corrected chi connectivity index (χ3v) is 3.83. The number of nitrogens with zero attached hydrogens (tertiary/aromatic N) is 1. The molecule has 0 aliphatic heterocycles. The molecule has 24 heavy (non-hydrogen) atoms. The summed E-state index contributed by atoms with van der Waals surface area (Å²) < 4.78 is 11.7. The van der Waals surface area contributed by atoms with Gasteiger partial charge in [0.2, 0.25) is 0 Å². The van der Waals surface area contributed by atoms with E-state index in [1.54, 1.807) is 7.11 Å². The summed E-state index contributed by atoms with van der Waals surface area (Å²) >= 11 is 3.39. The molecule has 126 valence electrons. The molecular formula is C18H19BrN2O3. The number of nitrogens with one attached hydrogen (secondary N) is 1. The van der Waals surface area contributed by atoms with Gasteiger partial charge in [-0.15, -0.1) is 0 Å². The lowest BCUT2D eigenvalue weighted by atomic mass is 10.1. The Balaban J connectivity index is 1.93. The molecule has 0 saturated heterocycles. The quantitative estimate of drug-likeness (QED) is 0.605. The van der Waals surface area contributed by atoms with Gasteiger partial charge in [0.05, 0.1) is 13.3 Å². The molecule has 0 spiro atoms. The summed E-state index contributed by atoms with van der Waals surface area (Å²) in [6.07, 6.45) is 1.53. The maximum absolute atomic E-state index is 11.9. The van der Waals surface area contributed by atoms with Gasteiger partial charge in [0.25, 0.3) is 5.91 Å². The largest absolute Gasteiger partial charge is 0.496 e. The van der Waals surface area contributed by atoms with Crippen molar-refractivity contribution >= 4 is 28.1 Å². The van der Waals surface area contributed by atoms with E-state index in [4.69, 9.17) is 9.47 Å². The van der Waals surface area contributed by atoms with Crippen molar-refractivity contribution in [1.29, 1.82) is 0 Å². The van der Waals surface area contributed by atoms with Gasteiger partial charge in [-0.1, -0.05) is 34.1 Å². The molecule has 0 atom stereocenters. The zero-order chi connectivity index (χ0) is 17.5. The van der Waals surface area contributed by atoms with Crippen LogP contribution < -0.4 is 14.9 Å². The highest BCUT2D eigenvalue weighted by Crippen LogP contribution is 2.22. The standard InChI is InChI=1S/C18H19BrN2O3/c1-12-5-4-6-13(2)18(12)24-11-17(22)21-20-10-14-9-15(19)7-8-16(14)23-3/h4-10H,11H2,1-3H3,(H,21,22)/b20-10-. The zero-order valence-corrected chi connectivity index (χ0v) is 15.4. The van der Waals surface area contributed by atoms with Crippen LogP contribution in [0.3, 0.4) is 0 Å². The molecule has 2 aromatic carbocycles. The summed E-state index contributed by atoms with van der Waals surface area (Å²) in [4.78, 5) is 11.9. The van der Waals surface area contributed by atoms with Crippen LogP contribution in [0.25, 0.3) is 0 Å². The van der Waals surface area contributed by atoms with Crippen LogP contribution in [0.15, 0.2) is 46.0 Å². The van der Waals surface area contributed by atoms with Crippen LogP contribution in [0.5, 0.6) is 11.5 Å². The van der Waals surface area contributed by atoms with Crippen molar-refractivity contribution in [2.45, 2.75) is 13.8 Å². The number of carbonyl (C=O) groups excluding carboxylic acids is 1. The Morgan fingerprint density at radius 2 is 1.96 bits per heavy atom. The number of para-hydroxylation sites is 1. The minimum Gasteiger partial charge on any atom is -0.496 e. The van der Waals surface area contributed by atoms with Gasteiger partial charge in [-0.05, 0) is 43.2 Å². The van der Waals surface area contributed by atoms with Crippen LogP contribution in [-0.2, 0) is 4.79 Å². The van der Waals surface area contributed by atoms with E-state index < -0.39 is 0 Å². The molecule has 0 heterocycles. The van der Waals surface area contributed by atoms with Crippen molar-refractivity contribution in [1.82, 2.24) is 5.43 Å². The van der Waals surface area contributed by atoms with E-state index >= 15 is 0 Å². The second kappa shape index (κ2) is 8.49. The van der Waals surface area contributed by atoms with Crippen LogP contribution in [0.1, 0.15) is 16.7 Å². The second-order valence-electron chi connectivity index (χ2n) is 5.19. The molecule has 1 N–H and O–H groups in total. The van der Waals surface area contributed by atoms with E-state index in [0.717, 1.165) is 26.9 Å². The molecule has 0 fully saturated rings. The molecule has 2 aromatic rings. The maximum atomic E-state index is 11.9. The number of ether oxygens (including phenoxy) is 2. The minimum atomic E-state index is -0.331.